The summed E-state index contributed by atoms with van der Waals surface area (Å²) in [4.78, 5) is 23.8. The average molecular weight is 292 g/mol. The largest absolute Gasteiger partial charge is 0.355 e. The number of carbonyl (C=O) groups is 1. The number of thioether (sulfide) groups is 1. The van der Waals surface area contributed by atoms with E-state index in [1.807, 2.05) is 13.0 Å². The van der Waals surface area contributed by atoms with Crippen molar-refractivity contribution in [2.45, 2.75) is 43.5 Å². The summed E-state index contributed by atoms with van der Waals surface area (Å²) in [7, 11) is 0. The molecule has 2 rings (SSSR count). The number of carbonyl (C=O) groups excluding carboxylic acids is 1. The lowest BCUT2D eigenvalue weighted by Crippen LogP contribution is -2.33. The van der Waals surface area contributed by atoms with Gasteiger partial charge in [-0.2, -0.15) is 0 Å². The molecular formula is C14H20N4OS. The van der Waals surface area contributed by atoms with Crippen LogP contribution in [0.2, 0.25) is 0 Å². The molecule has 2 N–H and O–H groups in total. The molecule has 5 nitrogen and oxygen atoms in total. The molecule has 0 fully saturated rings. The van der Waals surface area contributed by atoms with E-state index in [2.05, 4.69) is 27.2 Å². The van der Waals surface area contributed by atoms with Crippen LogP contribution < -0.4 is 5.32 Å². The van der Waals surface area contributed by atoms with Gasteiger partial charge in [0.1, 0.15) is 0 Å². The molecule has 0 saturated carbocycles. The summed E-state index contributed by atoms with van der Waals surface area (Å²) >= 11 is 1.47. The van der Waals surface area contributed by atoms with Crippen molar-refractivity contribution < 1.29 is 4.79 Å². The molecule has 0 aliphatic carbocycles. The molecule has 0 saturated heterocycles. The maximum atomic E-state index is 12.1. The molecule has 0 aromatic carbocycles. The summed E-state index contributed by atoms with van der Waals surface area (Å²) in [6, 6.07) is 1.86. The van der Waals surface area contributed by atoms with Crippen LogP contribution in [-0.4, -0.2) is 32.7 Å². The number of rotatable bonds is 7. The number of amides is 1. The van der Waals surface area contributed by atoms with Crippen LogP contribution in [0.15, 0.2) is 23.6 Å². The molecule has 1 atom stereocenters. The van der Waals surface area contributed by atoms with E-state index in [-0.39, 0.29) is 11.2 Å². The van der Waals surface area contributed by atoms with Gasteiger partial charge in [0, 0.05) is 12.7 Å². The minimum Gasteiger partial charge on any atom is -0.355 e. The Hall–Kier alpha value is -1.56. The molecule has 2 aromatic heterocycles. The Balaban J connectivity index is 2.00. The molecule has 2 heterocycles. The van der Waals surface area contributed by atoms with Gasteiger partial charge in [-0.3, -0.25) is 9.78 Å². The second-order valence-electron chi connectivity index (χ2n) is 4.59. The summed E-state index contributed by atoms with van der Waals surface area (Å²) < 4.78 is 0. The minimum atomic E-state index is -0.111. The van der Waals surface area contributed by atoms with Crippen molar-refractivity contribution in [3.05, 3.63) is 18.5 Å². The third kappa shape index (κ3) is 3.72. The standard InChI is InChI=1S/C14H20N4OS/c1-3-5-7-16-13(19)12(4-2)20-14-17-10-6-8-15-9-11(10)18-14/h6,8-9,12H,3-5,7H2,1-2H3,(H,16,19)(H,17,18). The second kappa shape index (κ2) is 7.28. The molecule has 2 aromatic rings. The zero-order chi connectivity index (χ0) is 14.4. The van der Waals surface area contributed by atoms with Gasteiger partial charge >= 0.3 is 0 Å². The van der Waals surface area contributed by atoms with Crippen LogP contribution in [0.4, 0.5) is 0 Å². The SMILES string of the molecule is CCCCNC(=O)C(CC)Sc1nc2ccncc2[nH]1. The van der Waals surface area contributed by atoms with Gasteiger partial charge in [-0.25, -0.2) is 4.98 Å². The molecule has 0 spiro atoms. The van der Waals surface area contributed by atoms with E-state index in [1.165, 1.54) is 11.8 Å². The molecule has 6 heteroatoms. The maximum Gasteiger partial charge on any atom is 0.233 e. The molecule has 0 bridgehead atoms. The van der Waals surface area contributed by atoms with Gasteiger partial charge in [0.05, 0.1) is 22.5 Å². The zero-order valence-electron chi connectivity index (χ0n) is 11.8. The lowest BCUT2D eigenvalue weighted by atomic mass is 10.3. The maximum absolute atomic E-state index is 12.1. The Kier molecular flexibility index (Phi) is 5.40. The Morgan fingerprint density at radius 3 is 3.05 bits per heavy atom. The van der Waals surface area contributed by atoms with Crippen molar-refractivity contribution in [3.63, 3.8) is 0 Å². The first-order chi connectivity index (χ1) is 9.74. The van der Waals surface area contributed by atoms with Crippen LogP contribution >= 0.6 is 11.8 Å². The predicted molar refractivity (Wildman–Crippen MR) is 81.7 cm³/mol. The Bertz CT molecular complexity index is 536. The van der Waals surface area contributed by atoms with E-state index >= 15 is 0 Å². The monoisotopic (exact) mass is 292 g/mol. The fourth-order valence-electron chi connectivity index (χ4n) is 1.85. The molecule has 1 unspecified atom stereocenters. The minimum absolute atomic E-state index is 0.0875. The summed E-state index contributed by atoms with van der Waals surface area (Å²) in [6.45, 7) is 4.87. The Labute approximate surface area is 123 Å². The van der Waals surface area contributed by atoms with Gasteiger partial charge in [0.15, 0.2) is 5.16 Å². The molecule has 108 valence electrons. The van der Waals surface area contributed by atoms with E-state index in [1.54, 1.807) is 12.4 Å². The summed E-state index contributed by atoms with van der Waals surface area (Å²) in [5.74, 6) is 0.0875. The van der Waals surface area contributed by atoms with Crippen LogP contribution in [0.3, 0.4) is 0 Å². The van der Waals surface area contributed by atoms with Gasteiger partial charge in [0.25, 0.3) is 0 Å². The van der Waals surface area contributed by atoms with Crippen molar-refractivity contribution in [2.75, 3.05) is 6.54 Å². The smallest absolute Gasteiger partial charge is 0.233 e. The van der Waals surface area contributed by atoms with Crippen LogP contribution in [0, 0.1) is 0 Å². The molecule has 0 radical (unpaired) electrons. The third-order valence-corrected chi connectivity index (χ3v) is 4.26. The van der Waals surface area contributed by atoms with Crippen LogP contribution in [-0.2, 0) is 4.79 Å². The third-order valence-electron chi connectivity index (χ3n) is 3.01. The number of unbranched alkanes of at least 4 members (excludes halogenated alkanes) is 1. The normalized spacial score (nSPS) is 12.5. The highest BCUT2D eigenvalue weighted by molar-refractivity contribution is 8.00. The number of nitrogens with zero attached hydrogens (tertiary/aromatic N) is 2. The van der Waals surface area contributed by atoms with Gasteiger partial charge < -0.3 is 10.3 Å². The van der Waals surface area contributed by atoms with Crippen molar-refractivity contribution >= 4 is 28.7 Å². The molecule has 0 aliphatic heterocycles. The van der Waals surface area contributed by atoms with E-state index in [0.717, 1.165) is 42.0 Å². The number of aromatic nitrogens is 3. The highest BCUT2D eigenvalue weighted by Crippen LogP contribution is 2.25. The zero-order valence-corrected chi connectivity index (χ0v) is 12.7. The Morgan fingerprint density at radius 1 is 1.50 bits per heavy atom. The Morgan fingerprint density at radius 2 is 2.35 bits per heavy atom. The van der Waals surface area contributed by atoms with Gasteiger partial charge in [-0.15, -0.1) is 0 Å². The van der Waals surface area contributed by atoms with Gasteiger partial charge in [-0.1, -0.05) is 32.0 Å². The quantitative estimate of drug-likeness (QED) is 0.608. The average Bonchev–Trinajstić information content (AvgIpc) is 2.87. The molecule has 0 aliphatic rings. The van der Waals surface area contributed by atoms with E-state index in [9.17, 15) is 4.79 Å². The second-order valence-corrected chi connectivity index (χ2v) is 5.79. The first-order valence-corrected chi connectivity index (χ1v) is 7.86. The first kappa shape index (κ1) is 14.8. The molecule has 1 amide bonds. The highest BCUT2D eigenvalue weighted by Gasteiger charge is 2.19. The van der Waals surface area contributed by atoms with Gasteiger partial charge in [0.2, 0.25) is 5.91 Å². The van der Waals surface area contributed by atoms with Crippen LogP contribution in [0.1, 0.15) is 33.1 Å². The summed E-state index contributed by atoms with van der Waals surface area (Å²) in [5, 5.41) is 3.63. The van der Waals surface area contributed by atoms with Gasteiger partial charge in [-0.05, 0) is 18.9 Å². The number of hydrogen-bond acceptors (Lipinski definition) is 4. The summed E-state index contributed by atoms with van der Waals surface area (Å²) in [6.07, 6.45) is 6.34. The highest BCUT2D eigenvalue weighted by atomic mass is 32.2. The number of nitrogens with one attached hydrogen (secondary N) is 2. The van der Waals surface area contributed by atoms with E-state index < -0.39 is 0 Å². The summed E-state index contributed by atoms with van der Waals surface area (Å²) in [5.41, 5.74) is 1.78. The first-order valence-electron chi connectivity index (χ1n) is 6.98. The van der Waals surface area contributed by atoms with Crippen LogP contribution in [0.5, 0.6) is 0 Å². The predicted octanol–water partition coefficient (Wildman–Crippen LogP) is 2.74. The van der Waals surface area contributed by atoms with Crippen molar-refractivity contribution in [3.8, 4) is 0 Å². The number of pyridine rings is 1. The van der Waals surface area contributed by atoms with Crippen molar-refractivity contribution in [2.24, 2.45) is 0 Å². The van der Waals surface area contributed by atoms with E-state index in [0.29, 0.717) is 0 Å². The number of aromatic amines is 1. The van der Waals surface area contributed by atoms with Crippen molar-refractivity contribution in [1.82, 2.24) is 20.3 Å². The molecule has 20 heavy (non-hydrogen) atoms. The number of fused-ring (bicyclic) bond motifs is 1. The van der Waals surface area contributed by atoms with E-state index in [4.69, 9.17) is 0 Å². The van der Waals surface area contributed by atoms with Crippen molar-refractivity contribution in [1.29, 1.82) is 0 Å². The number of hydrogen-bond donors (Lipinski definition) is 2. The molecular weight excluding hydrogens is 272 g/mol. The lowest BCUT2D eigenvalue weighted by molar-refractivity contribution is -0.120. The number of imidazole rings is 1. The van der Waals surface area contributed by atoms with Crippen LogP contribution in [0.25, 0.3) is 11.0 Å². The lowest BCUT2D eigenvalue weighted by Gasteiger charge is -2.12. The topological polar surface area (TPSA) is 70.7 Å². The fourth-order valence-corrected chi connectivity index (χ4v) is 2.79. The number of H-pyrrole nitrogens is 1. The fraction of sp³-hybridized carbons (Fsp3) is 0.500.